The molecule has 0 atom stereocenters. The minimum atomic E-state index is -0.560. The van der Waals surface area contributed by atoms with Crippen molar-refractivity contribution in [3.8, 4) is 0 Å². The molecule has 0 aliphatic carbocycles. The minimum absolute atomic E-state index is 0.0510. The molecule has 1 heterocycles. The molecule has 29 heavy (non-hydrogen) atoms. The lowest BCUT2D eigenvalue weighted by molar-refractivity contribution is -0.114. The highest BCUT2D eigenvalue weighted by molar-refractivity contribution is 6.04. The maximum Gasteiger partial charge on any atom is 0.295 e. The van der Waals surface area contributed by atoms with Gasteiger partial charge in [0.05, 0.1) is 0 Å². The van der Waals surface area contributed by atoms with E-state index in [1.807, 2.05) is 37.3 Å². The van der Waals surface area contributed by atoms with Crippen molar-refractivity contribution in [3.63, 3.8) is 0 Å². The Bertz CT molecular complexity index is 1090. The lowest BCUT2D eigenvalue weighted by Crippen LogP contribution is -2.32. The number of pyridine rings is 1. The second kappa shape index (κ2) is 8.88. The van der Waals surface area contributed by atoms with Gasteiger partial charge < -0.3 is 15.5 Å². The number of carbonyl (C=O) groups is 2. The lowest BCUT2D eigenvalue weighted by atomic mass is 10.1. The molecular weight excluding hydrogens is 370 g/mol. The largest absolute Gasteiger partial charge is 0.406 e. The minimum Gasteiger partial charge on any atom is -0.406 e. The van der Waals surface area contributed by atoms with E-state index in [4.69, 9.17) is 4.84 Å². The molecule has 2 N–H and O–H groups in total. The van der Waals surface area contributed by atoms with Gasteiger partial charge in [-0.25, -0.2) is 0 Å². The predicted octanol–water partition coefficient (Wildman–Crippen LogP) is 3.00. The second-order valence-corrected chi connectivity index (χ2v) is 6.48. The Morgan fingerprint density at radius 2 is 1.76 bits per heavy atom. The molecule has 7 heteroatoms. The molecule has 0 aliphatic heterocycles. The van der Waals surface area contributed by atoms with E-state index in [1.54, 1.807) is 24.3 Å². The Morgan fingerprint density at radius 3 is 2.48 bits per heavy atom. The number of aromatic nitrogens is 1. The SMILES string of the molecule is CC(=O)Nc1ccc(C)c(NC(=O)c2cccn(OCc3ccccc3)c2=O)c1. The van der Waals surface area contributed by atoms with Crippen LogP contribution in [0.1, 0.15) is 28.4 Å². The van der Waals surface area contributed by atoms with Crippen molar-refractivity contribution in [1.29, 1.82) is 0 Å². The first kappa shape index (κ1) is 19.9. The predicted molar refractivity (Wildman–Crippen MR) is 111 cm³/mol. The molecule has 0 saturated carbocycles. The zero-order valence-corrected chi connectivity index (χ0v) is 16.1. The summed E-state index contributed by atoms with van der Waals surface area (Å²) < 4.78 is 1.04. The van der Waals surface area contributed by atoms with Crippen LogP contribution in [-0.2, 0) is 11.4 Å². The van der Waals surface area contributed by atoms with Gasteiger partial charge in [-0.2, -0.15) is 4.73 Å². The quantitative estimate of drug-likeness (QED) is 0.676. The van der Waals surface area contributed by atoms with Gasteiger partial charge in [-0.3, -0.25) is 14.4 Å². The molecule has 0 bridgehead atoms. The first-order chi connectivity index (χ1) is 13.9. The van der Waals surface area contributed by atoms with Crippen molar-refractivity contribution in [3.05, 3.63) is 93.9 Å². The highest BCUT2D eigenvalue weighted by atomic mass is 16.7. The maximum absolute atomic E-state index is 12.7. The molecule has 0 saturated heterocycles. The molecule has 0 unspecified atom stereocenters. The Hall–Kier alpha value is -3.87. The summed E-state index contributed by atoms with van der Waals surface area (Å²) in [6.07, 6.45) is 1.46. The van der Waals surface area contributed by atoms with Gasteiger partial charge in [0.1, 0.15) is 12.2 Å². The summed E-state index contributed by atoms with van der Waals surface area (Å²) in [6, 6.07) is 17.6. The average Bonchev–Trinajstić information content (AvgIpc) is 2.70. The van der Waals surface area contributed by atoms with Crippen molar-refractivity contribution in [1.82, 2.24) is 4.73 Å². The van der Waals surface area contributed by atoms with Crippen molar-refractivity contribution in [2.45, 2.75) is 20.5 Å². The van der Waals surface area contributed by atoms with Crippen molar-refractivity contribution in [2.75, 3.05) is 10.6 Å². The van der Waals surface area contributed by atoms with Gasteiger partial charge in [0.2, 0.25) is 5.91 Å². The van der Waals surface area contributed by atoms with E-state index < -0.39 is 11.5 Å². The number of rotatable bonds is 6. The van der Waals surface area contributed by atoms with Crippen LogP contribution < -0.4 is 21.0 Å². The van der Waals surface area contributed by atoms with Crippen molar-refractivity contribution in [2.24, 2.45) is 0 Å². The lowest BCUT2D eigenvalue weighted by Gasteiger charge is -2.12. The zero-order chi connectivity index (χ0) is 20.8. The van der Waals surface area contributed by atoms with Crippen molar-refractivity contribution >= 4 is 23.2 Å². The maximum atomic E-state index is 12.7. The van der Waals surface area contributed by atoms with Gasteiger partial charge >= 0.3 is 0 Å². The van der Waals surface area contributed by atoms with Gasteiger partial charge in [0.15, 0.2) is 0 Å². The molecule has 2 amide bonds. The normalized spacial score (nSPS) is 10.3. The van der Waals surface area contributed by atoms with Crippen LogP contribution >= 0.6 is 0 Å². The molecular formula is C22H21N3O4. The van der Waals surface area contributed by atoms with E-state index in [0.29, 0.717) is 11.4 Å². The summed E-state index contributed by atoms with van der Waals surface area (Å²) in [5.74, 6) is -0.775. The summed E-state index contributed by atoms with van der Waals surface area (Å²) in [4.78, 5) is 42.1. The summed E-state index contributed by atoms with van der Waals surface area (Å²) in [6.45, 7) is 3.42. The van der Waals surface area contributed by atoms with Gasteiger partial charge in [-0.1, -0.05) is 36.4 Å². The molecule has 3 rings (SSSR count). The Balaban J connectivity index is 1.78. The fourth-order valence-electron chi connectivity index (χ4n) is 2.70. The van der Waals surface area contributed by atoms with E-state index in [2.05, 4.69) is 10.6 Å². The highest BCUT2D eigenvalue weighted by Gasteiger charge is 2.14. The number of aryl methyl sites for hydroxylation is 1. The molecule has 0 radical (unpaired) electrons. The van der Waals surface area contributed by atoms with E-state index >= 15 is 0 Å². The van der Waals surface area contributed by atoms with Crippen LogP contribution in [0.25, 0.3) is 0 Å². The third-order valence-corrected chi connectivity index (χ3v) is 4.18. The fourth-order valence-corrected chi connectivity index (χ4v) is 2.70. The van der Waals surface area contributed by atoms with Gasteiger partial charge in [0, 0.05) is 24.5 Å². The highest BCUT2D eigenvalue weighted by Crippen LogP contribution is 2.20. The van der Waals surface area contributed by atoms with Crippen molar-refractivity contribution < 1.29 is 14.4 Å². The third kappa shape index (κ3) is 5.10. The number of hydrogen-bond donors (Lipinski definition) is 2. The third-order valence-electron chi connectivity index (χ3n) is 4.18. The monoisotopic (exact) mass is 391 g/mol. The number of carbonyl (C=O) groups excluding carboxylic acids is 2. The molecule has 1 aromatic heterocycles. The van der Waals surface area contributed by atoms with E-state index in [-0.39, 0.29) is 18.1 Å². The van der Waals surface area contributed by atoms with Crippen LogP contribution in [0, 0.1) is 6.92 Å². The standard InChI is InChI=1S/C22H21N3O4/c1-15-10-11-18(23-16(2)26)13-20(15)24-21(27)19-9-6-12-25(22(19)28)29-14-17-7-4-3-5-8-17/h3-13H,14H2,1-2H3,(H,23,26)(H,24,27). The average molecular weight is 391 g/mol. The van der Waals surface area contributed by atoms with Gasteiger partial charge in [0.25, 0.3) is 11.5 Å². The summed E-state index contributed by atoms with van der Waals surface area (Å²) in [7, 11) is 0. The Morgan fingerprint density at radius 1 is 1.00 bits per heavy atom. The van der Waals surface area contributed by atoms with Crippen LogP contribution in [0.3, 0.4) is 0 Å². The number of nitrogens with zero attached hydrogens (tertiary/aromatic N) is 1. The molecule has 3 aromatic rings. The Kier molecular flexibility index (Phi) is 6.09. The molecule has 2 aromatic carbocycles. The van der Waals surface area contributed by atoms with E-state index in [1.165, 1.54) is 19.2 Å². The van der Waals surface area contributed by atoms with Crippen LogP contribution in [0.2, 0.25) is 0 Å². The van der Waals surface area contributed by atoms with Crippen LogP contribution in [0.15, 0.2) is 71.7 Å². The van der Waals surface area contributed by atoms with Crippen LogP contribution in [0.4, 0.5) is 11.4 Å². The molecule has 7 nitrogen and oxygen atoms in total. The first-order valence-electron chi connectivity index (χ1n) is 9.02. The van der Waals surface area contributed by atoms with Gasteiger partial charge in [-0.05, 0) is 42.3 Å². The molecule has 0 spiro atoms. The van der Waals surface area contributed by atoms with Crippen LogP contribution in [0.5, 0.6) is 0 Å². The number of anilines is 2. The summed E-state index contributed by atoms with van der Waals surface area (Å²) >= 11 is 0. The molecule has 0 fully saturated rings. The number of nitrogens with one attached hydrogen (secondary N) is 2. The van der Waals surface area contributed by atoms with E-state index in [9.17, 15) is 14.4 Å². The Labute approximate surface area is 167 Å². The number of hydrogen-bond acceptors (Lipinski definition) is 4. The number of amides is 2. The van der Waals surface area contributed by atoms with Gasteiger partial charge in [-0.15, -0.1) is 0 Å². The molecule has 0 aliphatic rings. The van der Waals surface area contributed by atoms with E-state index in [0.717, 1.165) is 15.9 Å². The smallest absolute Gasteiger partial charge is 0.295 e. The fraction of sp³-hybridized carbons (Fsp3) is 0.136. The number of benzene rings is 2. The summed E-state index contributed by atoms with van der Waals surface area (Å²) in [5.41, 5.74) is 2.14. The first-order valence-corrected chi connectivity index (χ1v) is 9.02. The molecule has 148 valence electrons. The second-order valence-electron chi connectivity index (χ2n) is 6.48. The van der Waals surface area contributed by atoms with Crippen LogP contribution in [-0.4, -0.2) is 16.5 Å². The summed E-state index contributed by atoms with van der Waals surface area (Å²) in [5, 5.41) is 5.38. The topological polar surface area (TPSA) is 89.4 Å². The zero-order valence-electron chi connectivity index (χ0n) is 16.1.